The number of hydrogen-bond acceptors (Lipinski definition) is 8. The van der Waals surface area contributed by atoms with Gasteiger partial charge in [0.05, 0.1) is 25.4 Å². The van der Waals surface area contributed by atoms with Crippen LogP contribution in [0, 0.1) is 0 Å². The van der Waals surface area contributed by atoms with Gasteiger partial charge in [0.25, 0.3) is 0 Å². The highest BCUT2D eigenvalue weighted by molar-refractivity contribution is 5.85. The average Bonchev–Trinajstić information content (AvgIpc) is 2.99. The Morgan fingerprint density at radius 2 is 1.52 bits per heavy atom. The molecule has 2 aliphatic rings. The van der Waals surface area contributed by atoms with Gasteiger partial charge in [-0.05, 0) is 31.9 Å². The third kappa shape index (κ3) is 8.13. The maximum absolute atomic E-state index is 12.5. The lowest BCUT2D eigenvalue weighted by atomic mass is 9.81. The standard InChI is InChI=1S/C33H43N5O4.2ClH/c1-6-41-33-34-31(40-5)28(32(35-33)42-23(2)3)21-36-19-27-20-37(24(4)39)17-18-38(27)29(22-36)30(25-13-9-7-10-14-25)26-15-11-8-12-16-26;;/h7-16,23,27,29-30H,6,17-22H2,1-5H3;2*1H/t27-,29+;;/m1../s1. The molecular weight excluding hydrogens is 601 g/mol. The monoisotopic (exact) mass is 645 g/mol. The Labute approximate surface area is 273 Å². The number of rotatable bonds is 10. The van der Waals surface area contributed by atoms with E-state index in [1.807, 2.05) is 25.7 Å². The molecule has 3 heterocycles. The molecule has 2 aromatic carbocycles. The lowest BCUT2D eigenvalue weighted by Crippen LogP contribution is -2.67. The fraction of sp³-hybridized carbons (Fsp3) is 0.485. The molecule has 2 saturated heterocycles. The molecular formula is C33H45Cl2N5O4. The summed E-state index contributed by atoms with van der Waals surface area (Å²) in [5, 5.41) is 0. The number of nitrogens with zero attached hydrogens (tertiary/aromatic N) is 5. The summed E-state index contributed by atoms with van der Waals surface area (Å²) in [5.74, 6) is 1.22. The summed E-state index contributed by atoms with van der Waals surface area (Å²) in [6.45, 7) is 12.4. The van der Waals surface area contributed by atoms with E-state index in [1.165, 1.54) is 11.1 Å². The van der Waals surface area contributed by atoms with Crippen LogP contribution in [-0.2, 0) is 11.3 Å². The highest BCUT2D eigenvalue weighted by Crippen LogP contribution is 2.37. The first-order valence-corrected chi connectivity index (χ1v) is 15.0. The Morgan fingerprint density at radius 3 is 2.07 bits per heavy atom. The molecule has 1 aromatic heterocycles. The molecule has 0 N–H and O–H groups in total. The Hall–Kier alpha value is -3.11. The Kier molecular flexibility index (Phi) is 13.1. The zero-order chi connectivity index (χ0) is 29.6. The summed E-state index contributed by atoms with van der Waals surface area (Å²) < 4.78 is 17.6. The minimum atomic E-state index is -0.0783. The molecule has 1 amide bonds. The molecule has 44 heavy (non-hydrogen) atoms. The molecule has 0 bridgehead atoms. The Morgan fingerprint density at radius 1 is 0.909 bits per heavy atom. The second-order valence-electron chi connectivity index (χ2n) is 11.3. The van der Waals surface area contributed by atoms with Gasteiger partial charge in [-0.15, -0.1) is 24.8 Å². The number of carbonyl (C=O) groups is 1. The number of piperazine rings is 2. The largest absolute Gasteiger partial charge is 0.481 e. The van der Waals surface area contributed by atoms with E-state index in [4.69, 9.17) is 14.2 Å². The number of hydrogen-bond donors (Lipinski definition) is 0. The van der Waals surface area contributed by atoms with E-state index >= 15 is 0 Å². The minimum Gasteiger partial charge on any atom is -0.481 e. The van der Waals surface area contributed by atoms with Gasteiger partial charge < -0.3 is 19.1 Å². The highest BCUT2D eigenvalue weighted by Gasteiger charge is 2.43. The van der Waals surface area contributed by atoms with Gasteiger partial charge in [0.1, 0.15) is 0 Å². The van der Waals surface area contributed by atoms with Crippen LogP contribution >= 0.6 is 24.8 Å². The molecule has 2 aliphatic heterocycles. The van der Waals surface area contributed by atoms with Crippen LogP contribution in [0.2, 0.25) is 0 Å². The van der Waals surface area contributed by atoms with Crippen LogP contribution in [0.25, 0.3) is 0 Å². The van der Waals surface area contributed by atoms with Gasteiger partial charge in [-0.3, -0.25) is 14.6 Å². The van der Waals surface area contributed by atoms with E-state index in [9.17, 15) is 4.79 Å². The summed E-state index contributed by atoms with van der Waals surface area (Å²) in [4.78, 5) is 28.7. The topological polar surface area (TPSA) is 80.3 Å². The fourth-order valence-corrected chi connectivity index (χ4v) is 6.35. The van der Waals surface area contributed by atoms with Crippen molar-refractivity contribution < 1.29 is 19.0 Å². The molecule has 2 atom stereocenters. The van der Waals surface area contributed by atoms with E-state index in [1.54, 1.807) is 14.0 Å². The Balaban J connectivity index is 0.00000264. The van der Waals surface area contributed by atoms with Gasteiger partial charge in [-0.2, -0.15) is 9.97 Å². The van der Waals surface area contributed by atoms with Crippen molar-refractivity contribution in [2.75, 3.05) is 46.4 Å². The number of halogens is 2. The van der Waals surface area contributed by atoms with E-state index in [0.29, 0.717) is 31.5 Å². The van der Waals surface area contributed by atoms with Gasteiger partial charge in [0, 0.05) is 64.2 Å². The lowest BCUT2D eigenvalue weighted by molar-refractivity contribution is -0.134. The number of carbonyl (C=O) groups excluding carboxylic acids is 1. The first-order valence-electron chi connectivity index (χ1n) is 15.0. The number of ether oxygens (including phenoxy) is 3. The summed E-state index contributed by atoms with van der Waals surface area (Å²) in [6.07, 6.45) is -0.0783. The summed E-state index contributed by atoms with van der Waals surface area (Å²) in [5.41, 5.74) is 3.38. The van der Waals surface area contributed by atoms with Gasteiger partial charge in [0.15, 0.2) is 0 Å². The molecule has 5 rings (SSSR count). The number of methoxy groups -OCH3 is 1. The average molecular weight is 647 g/mol. The van der Waals surface area contributed by atoms with Crippen molar-refractivity contribution in [3.05, 3.63) is 77.4 Å². The third-order valence-electron chi connectivity index (χ3n) is 8.12. The van der Waals surface area contributed by atoms with Crippen LogP contribution in [0.1, 0.15) is 50.3 Å². The third-order valence-corrected chi connectivity index (χ3v) is 8.12. The predicted octanol–water partition coefficient (Wildman–Crippen LogP) is 5.06. The lowest BCUT2D eigenvalue weighted by Gasteiger charge is -2.53. The van der Waals surface area contributed by atoms with Crippen LogP contribution < -0.4 is 14.2 Å². The molecule has 2 fully saturated rings. The van der Waals surface area contributed by atoms with Crippen LogP contribution in [0.5, 0.6) is 17.8 Å². The highest BCUT2D eigenvalue weighted by atomic mass is 35.5. The second-order valence-corrected chi connectivity index (χ2v) is 11.3. The summed E-state index contributed by atoms with van der Waals surface area (Å²) in [6, 6.07) is 22.2. The minimum absolute atomic E-state index is 0. The van der Waals surface area contributed by atoms with E-state index in [0.717, 1.165) is 31.7 Å². The van der Waals surface area contributed by atoms with Crippen molar-refractivity contribution in [3.8, 4) is 17.8 Å². The van der Waals surface area contributed by atoms with Crippen LogP contribution in [0.4, 0.5) is 0 Å². The first-order chi connectivity index (χ1) is 20.4. The van der Waals surface area contributed by atoms with E-state index in [2.05, 4.69) is 80.4 Å². The summed E-state index contributed by atoms with van der Waals surface area (Å²) in [7, 11) is 1.62. The normalized spacial score (nSPS) is 18.7. The number of fused-ring (bicyclic) bond motifs is 1. The maximum atomic E-state index is 12.5. The molecule has 11 heteroatoms. The van der Waals surface area contributed by atoms with Crippen LogP contribution in [-0.4, -0.2) is 95.2 Å². The molecule has 3 aromatic rings. The van der Waals surface area contributed by atoms with Gasteiger partial charge >= 0.3 is 6.01 Å². The van der Waals surface area contributed by atoms with Crippen molar-refractivity contribution in [1.82, 2.24) is 24.7 Å². The molecule has 0 saturated carbocycles. The molecule has 240 valence electrons. The van der Waals surface area contributed by atoms with Gasteiger partial charge in [-0.25, -0.2) is 0 Å². The maximum Gasteiger partial charge on any atom is 0.323 e. The fourth-order valence-electron chi connectivity index (χ4n) is 6.35. The SMILES string of the molecule is CCOc1nc(OC)c(CN2C[C@@H]3CN(C(C)=O)CCN3[C@H](C(c3ccccc3)c3ccccc3)C2)c(OC(C)C)n1.Cl.Cl. The number of aromatic nitrogens is 2. The van der Waals surface area contributed by atoms with Crippen molar-refractivity contribution in [1.29, 1.82) is 0 Å². The molecule has 0 radical (unpaired) electrons. The number of amides is 1. The molecule has 9 nitrogen and oxygen atoms in total. The van der Waals surface area contributed by atoms with E-state index < -0.39 is 0 Å². The molecule has 0 unspecified atom stereocenters. The van der Waals surface area contributed by atoms with Crippen molar-refractivity contribution in [2.45, 2.75) is 58.3 Å². The summed E-state index contributed by atoms with van der Waals surface area (Å²) >= 11 is 0. The zero-order valence-electron chi connectivity index (χ0n) is 26.2. The van der Waals surface area contributed by atoms with Crippen LogP contribution in [0.15, 0.2) is 60.7 Å². The Bertz CT molecular complexity index is 1300. The van der Waals surface area contributed by atoms with E-state index in [-0.39, 0.29) is 60.8 Å². The van der Waals surface area contributed by atoms with Crippen molar-refractivity contribution in [2.24, 2.45) is 0 Å². The van der Waals surface area contributed by atoms with Crippen molar-refractivity contribution in [3.63, 3.8) is 0 Å². The predicted molar refractivity (Wildman–Crippen MR) is 177 cm³/mol. The quantitative estimate of drug-likeness (QED) is 0.303. The van der Waals surface area contributed by atoms with Crippen molar-refractivity contribution >= 4 is 30.7 Å². The zero-order valence-corrected chi connectivity index (χ0v) is 27.9. The molecule has 0 spiro atoms. The number of benzene rings is 2. The second kappa shape index (κ2) is 16.3. The van der Waals surface area contributed by atoms with Crippen LogP contribution in [0.3, 0.4) is 0 Å². The van der Waals surface area contributed by atoms with Gasteiger partial charge in [0.2, 0.25) is 17.7 Å². The molecule has 0 aliphatic carbocycles. The smallest absolute Gasteiger partial charge is 0.323 e. The first kappa shape index (κ1) is 35.4. The van der Waals surface area contributed by atoms with Gasteiger partial charge in [-0.1, -0.05) is 60.7 Å².